The number of rotatable bonds is 6. The van der Waals surface area contributed by atoms with E-state index < -0.39 is 0 Å². The Labute approximate surface area is 165 Å². The lowest BCUT2D eigenvalue weighted by atomic mass is 10.2. The fourth-order valence-corrected chi connectivity index (χ4v) is 3.17. The Morgan fingerprint density at radius 3 is 2.67 bits per heavy atom. The summed E-state index contributed by atoms with van der Waals surface area (Å²) in [5, 5.41) is 3.95. The van der Waals surface area contributed by atoms with Gasteiger partial charge in [-0.2, -0.15) is 0 Å². The summed E-state index contributed by atoms with van der Waals surface area (Å²) in [6, 6.07) is 9.53. The molecule has 0 saturated carbocycles. The predicted octanol–water partition coefficient (Wildman–Crippen LogP) is 2.07. The summed E-state index contributed by atoms with van der Waals surface area (Å²) in [5.74, 6) is 0.617. The van der Waals surface area contributed by atoms with Crippen LogP contribution in [0.5, 0.6) is 0 Å². The molecule has 7 nitrogen and oxygen atoms in total. The van der Waals surface area contributed by atoms with Crippen molar-refractivity contribution in [3.8, 4) is 0 Å². The highest BCUT2D eigenvalue weighted by atomic mass is 35.5. The van der Waals surface area contributed by atoms with Gasteiger partial charge in [-0.25, -0.2) is 9.97 Å². The Balaban J connectivity index is 1.57. The Morgan fingerprint density at radius 1 is 1.19 bits per heavy atom. The number of halogens is 1. The van der Waals surface area contributed by atoms with Crippen molar-refractivity contribution in [2.45, 2.75) is 0 Å². The zero-order chi connectivity index (χ0) is 19.2. The highest BCUT2D eigenvalue weighted by molar-refractivity contribution is 6.30. The van der Waals surface area contributed by atoms with Crippen molar-refractivity contribution in [1.82, 2.24) is 19.8 Å². The number of amides is 1. The average molecular weight is 389 g/mol. The van der Waals surface area contributed by atoms with Crippen molar-refractivity contribution < 1.29 is 4.79 Å². The Hall–Kier alpha value is -2.38. The predicted molar refractivity (Wildman–Crippen MR) is 109 cm³/mol. The number of benzene rings is 1. The second kappa shape index (κ2) is 9.01. The monoisotopic (exact) mass is 388 g/mol. The molecule has 1 aliphatic heterocycles. The standard InChI is InChI=1S/C19H25ClN6O/c1-24(2)7-6-21-18-13-17(22-14-23-18)19(27)26-10-8-25(9-11-26)16-5-3-4-15(20)12-16/h3-5,12-14H,6-11H2,1-2H3,(H,21,22,23). The first kappa shape index (κ1) is 19.4. The molecule has 1 amide bonds. The van der Waals surface area contributed by atoms with E-state index >= 15 is 0 Å². The molecule has 1 aromatic carbocycles. The maximum absolute atomic E-state index is 12.8. The third-order valence-corrected chi connectivity index (χ3v) is 4.73. The highest BCUT2D eigenvalue weighted by Gasteiger charge is 2.23. The lowest BCUT2D eigenvalue weighted by Gasteiger charge is -2.36. The smallest absolute Gasteiger partial charge is 0.272 e. The van der Waals surface area contributed by atoms with Crippen LogP contribution in [0.25, 0.3) is 0 Å². The quantitative estimate of drug-likeness (QED) is 0.817. The van der Waals surface area contributed by atoms with Gasteiger partial charge in [0.25, 0.3) is 5.91 Å². The molecule has 3 rings (SSSR count). The summed E-state index contributed by atoms with van der Waals surface area (Å²) in [6.45, 7) is 4.49. The molecule has 1 aromatic heterocycles. The van der Waals surface area contributed by atoms with Crippen LogP contribution in [0, 0.1) is 0 Å². The number of carbonyl (C=O) groups excluding carboxylic acids is 1. The zero-order valence-electron chi connectivity index (χ0n) is 15.7. The lowest BCUT2D eigenvalue weighted by Crippen LogP contribution is -2.49. The van der Waals surface area contributed by atoms with Gasteiger partial charge in [-0.05, 0) is 32.3 Å². The van der Waals surface area contributed by atoms with Crippen molar-refractivity contribution in [1.29, 1.82) is 0 Å². The molecule has 0 atom stereocenters. The minimum Gasteiger partial charge on any atom is -0.369 e. The topological polar surface area (TPSA) is 64.6 Å². The van der Waals surface area contributed by atoms with Crippen LogP contribution >= 0.6 is 11.6 Å². The lowest BCUT2D eigenvalue weighted by molar-refractivity contribution is 0.0740. The first-order chi connectivity index (χ1) is 13.0. The molecule has 0 spiro atoms. The first-order valence-corrected chi connectivity index (χ1v) is 9.41. The van der Waals surface area contributed by atoms with Crippen LogP contribution in [0.1, 0.15) is 10.5 Å². The maximum Gasteiger partial charge on any atom is 0.272 e. The van der Waals surface area contributed by atoms with Gasteiger partial charge in [0.05, 0.1) is 0 Å². The average Bonchev–Trinajstić information content (AvgIpc) is 2.67. The molecule has 0 aliphatic carbocycles. The maximum atomic E-state index is 12.8. The van der Waals surface area contributed by atoms with E-state index in [2.05, 4.69) is 25.1 Å². The van der Waals surface area contributed by atoms with Gasteiger partial charge in [-0.1, -0.05) is 17.7 Å². The van der Waals surface area contributed by atoms with Crippen LogP contribution in [0.15, 0.2) is 36.7 Å². The number of nitrogens with zero attached hydrogens (tertiary/aromatic N) is 5. The molecule has 0 unspecified atom stereocenters. The number of hydrogen-bond acceptors (Lipinski definition) is 6. The van der Waals surface area contributed by atoms with Gasteiger partial charge in [0, 0.05) is 56.0 Å². The summed E-state index contributed by atoms with van der Waals surface area (Å²) in [4.78, 5) is 27.3. The Morgan fingerprint density at radius 2 is 1.96 bits per heavy atom. The number of hydrogen-bond donors (Lipinski definition) is 1. The third-order valence-electron chi connectivity index (χ3n) is 4.49. The first-order valence-electron chi connectivity index (χ1n) is 9.03. The number of piperazine rings is 1. The molecule has 1 N–H and O–H groups in total. The summed E-state index contributed by atoms with van der Waals surface area (Å²) in [6.07, 6.45) is 1.44. The van der Waals surface area contributed by atoms with Crippen LogP contribution in [-0.4, -0.2) is 79.0 Å². The summed E-state index contributed by atoms with van der Waals surface area (Å²) < 4.78 is 0. The molecule has 1 aliphatic rings. The number of nitrogens with one attached hydrogen (secondary N) is 1. The van der Waals surface area contributed by atoms with E-state index in [4.69, 9.17) is 11.6 Å². The van der Waals surface area contributed by atoms with Crippen molar-refractivity contribution in [2.75, 3.05) is 63.6 Å². The van der Waals surface area contributed by atoms with Gasteiger partial charge >= 0.3 is 0 Å². The SMILES string of the molecule is CN(C)CCNc1cc(C(=O)N2CCN(c3cccc(Cl)c3)CC2)ncn1. The van der Waals surface area contributed by atoms with Crippen molar-refractivity contribution in [3.05, 3.63) is 47.4 Å². The van der Waals surface area contributed by atoms with E-state index in [1.54, 1.807) is 6.07 Å². The second-order valence-electron chi connectivity index (χ2n) is 6.78. The molecule has 144 valence electrons. The molecule has 0 bridgehead atoms. The molecular formula is C19H25ClN6O. The van der Waals surface area contributed by atoms with Gasteiger partial charge in [-0.3, -0.25) is 4.79 Å². The third kappa shape index (κ3) is 5.30. The molecule has 27 heavy (non-hydrogen) atoms. The zero-order valence-corrected chi connectivity index (χ0v) is 16.5. The summed E-state index contributed by atoms with van der Waals surface area (Å²) >= 11 is 6.08. The Bertz CT molecular complexity index is 776. The fraction of sp³-hybridized carbons (Fsp3) is 0.421. The number of likely N-dealkylation sites (N-methyl/N-ethyl adjacent to an activating group) is 1. The molecule has 2 heterocycles. The van der Waals surface area contributed by atoms with E-state index in [9.17, 15) is 4.79 Å². The second-order valence-corrected chi connectivity index (χ2v) is 7.21. The van der Waals surface area contributed by atoms with Gasteiger partial charge in [0.1, 0.15) is 17.8 Å². The molecule has 0 radical (unpaired) electrons. The van der Waals surface area contributed by atoms with E-state index in [0.717, 1.165) is 36.9 Å². The molecular weight excluding hydrogens is 364 g/mol. The number of aromatic nitrogens is 2. The normalized spacial score (nSPS) is 14.5. The summed E-state index contributed by atoms with van der Waals surface area (Å²) in [5.41, 5.74) is 1.51. The Kier molecular flexibility index (Phi) is 6.47. The molecule has 8 heteroatoms. The van der Waals surface area contributed by atoms with Crippen LogP contribution in [-0.2, 0) is 0 Å². The van der Waals surface area contributed by atoms with E-state index in [0.29, 0.717) is 24.6 Å². The van der Waals surface area contributed by atoms with E-state index in [1.807, 2.05) is 43.3 Å². The van der Waals surface area contributed by atoms with E-state index in [-0.39, 0.29) is 5.91 Å². The molecule has 2 aromatic rings. The van der Waals surface area contributed by atoms with Crippen LogP contribution in [0.4, 0.5) is 11.5 Å². The largest absolute Gasteiger partial charge is 0.369 e. The van der Waals surface area contributed by atoms with Crippen molar-refractivity contribution in [3.63, 3.8) is 0 Å². The van der Waals surface area contributed by atoms with Crippen LogP contribution < -0.4 is 10.2 Å². The number of anilines is 2. The molecule has 1 saturated heterocycles. The van der Waals surface area contributed by atoms with Gasteiger partial charge in [-0.15, -0.1) is 0 Å². The molecule has 1 fully saturated rings. The minimum atomic E-state index is -0.0567. The van der Waals surface area contributed by atoms with Gasteiger partial charge < -0.3 is 20.0 Å². The van der Waals surface area contributed by atoms with Crippen molar-refractivity contribution in [2.24, 2.45) is 0 Å². The van der Waals surface area contributed by atoms with Crippen LogP contribution in [0.3, 0.4) is 0 Å². The minimum absolute atomic E-state index is 0.0567. The fourth-order valence-electron chi connectivity index (χ4n) is 2.98. The van der Waals surface area contributed by atoms with Crippen molar-refractivity contribution >= 4 is 29.0 Å². The van der Waals surface area contributed by atoms with Crippen LogP contribution in [0.2, 0.25) is 5.02 Å². The highest BCUT2D eigenvalue weighted by Crippen LogP contribution is 2.21. The van der Waals surface area contributed by atoms with Gasteiger partial charge in [0.2, 0.25) is 0 Å². The number of carbonyl (C=O) groups is 1. The van der Waals surface area contributed by atoms with E-state index in [1.165, 1.54) is 6.33 Å². The van der Waals surface area contributed by atoms with Gasteiger partial charge in [0.15, 0.2) is 0 Å². The summed E-state index contributed by atoms with van der Waals surface area (Å²) in [7, 11) is 4.03.